The Balaban J connectivity index is 1.45. The monoisotopic (exact) mass is 406 g/mol. The molecule has 0 bridgehead atoms. The minimum absolute atomic E-state index is 0.0359. The summed E-state index contributed by atoms with van der Waals surface area (Å²) in [6.45, 7) is 4.12. The van der Waals surface area contributed by atoms with Crippen LogP contribution in [0.2, 0.25) is 10.0 Å². The number of benzene rings is 2. The van der Waals surface area contributed by atoms with Crippen molar-refractivity contribution in [3.8, 4) is 0 Å². The van der Waals surface area contributed by atoms with Crippen LogP contribution in [0.4, 0.5) is 0 Å². The number of carbonyl (C=O) groups excluding carboxylic acids is 2. The fourth-order valence-electron chi connectivity index (χ4n) is 3.17. The Morgan fingerprint density at radius 2 is 1.74 bits per heavy atom. The van der Waals surface area contributed by atoms with Crippen LogP contribution < -0.4 is 10.2 Å². The number of amides is 2. The zero-order valence-corrected chi connectivity index (χ0v) is 16.4. The zero-order valence-electron chi connectivity index (χ0n) is 14.9. The van der Waals surface area contributed by atoms with Crippen molar-refractivity contribution in [1.29, 1.82) is 0 Å². The molecule has 0 aliphatic carbocycles. The number of hydrogen-bond donors (Lipinski definition) is 2. The molecule has 2 aromatic carbocycles. The van der Waals surface area contributed by atoms with E-state index in [1.165, 1.54) is 16.5 Å². The molecule has 7 heteroatoms. The van der Waals surface area contributed by atoms with E-state index in [0.717, 1.165) is 19.6 Å². The number of rotatable bonds is 5. The van der Waals surface area contributed by atoms with E-state index in [1.807, 2.05) is 18.2 Å². The van der Waals surface area contributed by atoms with Gasteiger partial charge in [-0.3, -0.25) is 9.59 Å². The third-order valence-electron chi connectivity index (χ3n) is 4.70. The van der Waals surface area contributed by atoms with Crippen molar-refractivity contribution in [2.24, 2.45) is 0 Å². The van der Waals surface area contributed by atoms with Gasteiger partial charge in [-0.2, -0.15) is 0 Å². The first-order valence-corrected chi connectivity index (χ1v) is 9.67. The van der Waals surface area contributed by atoms with E-state index in [4.69, 9.17) is 23.2 Å². The Kier molecular flexibility index (Phi) is 6.72. The largest absolute Gasteiger partial charge is 0.343 e. The molecule has 1 aliphatic heterocycles. The van der Waals surface area contributed by atoms with Crippen LogP contribution in [0.15, 0.2) is 48.5 Å². The molecule has 0 spiro atoms. The van der Waals surface area contributed by atoms with Crippen molar-refractivity contribution in [2.45, 2.75) is 6.54 Å². The lowest BCUT2D eigenvalue weighted by atomic mass is 10.2. The van der Waals surface area contributed by atoms with Crippen LogP contribution in [0.5, 0.6) is 0 Å². The molecular formula is C20H22Cl2N3O2+. The maximum absolute atomic E-state index is 12.4. The van der Waals surface area contributed by atoms with Gasteiger partial charge < -0.3 is 15.1 Å². The SMILES string of the molecule is O=C(NCC(=O)N1CC[NH+](Cc2ccccc2)CC1)c1ccc(Cl)cc1Cl. The van der Waals surface area contributed by atoms with Gasteiger partial charge in [0.1, 0.15) is 6.54 Å². The van der Waals surface area contributed by atoms with Crippen LogP contribution in [0, 0.1) is 0 Å². The van der Waals surface area contributed by atoms with Gasteiger partial charge in [-0.05, 0) is 18.2 Å². The molecule has 5 nitrogen and oxygen atoms in total. The second-order valence-electron chi connectivity index (χ2n) is 6.60. The first-order chi connectivity index (χ1) is 13.0. The Morgan fingerprint density at radius 1 is 1.04 bits per heavy atom. The number of nitrogens with one attached hydrogen (secondary N) is 2. The molecule has 0 atom stereocenters. The maximum Gasteiger partial charge on any atom is 0.253 e. The third-order valence-corrected chi connectivity index (χ3v) is 5.24. The van der Waals surface area contributed by atoms with Gasteiger partial charge in [0.15, 0.2) is 0 Å². The number of nitrogens with zero attached hydrogens (tertiary/aromatic N) is 1. The molecule has 0 radical (unpaired) electrons. The topological polar surface area (TPSA) is 53.9 Å². The van der Waals surface area contributed by atoms with Crippen molar-refractivity contribution in [3.63, 3.8) is 0 Å². The number of piperazine rings is 1. The highest BCUT2D eigenvalue weighted by molar-refractivity contribution is 6.36. The van der Waals surface area contributed by atoms with Crippen LogP contribution in [0.25, 0.3) is 0 Å². The molecule has 1 fully saturated rings. The van der Waals surface area contributed by atoms with Crippen LogP contribution in [-0.4, -0.2) is 49.4 Å². The van der Waals surface area contributed by atoms with Gasteiger partial charge in [0.2, 0.25) is 5.91 Å². The molecule has 0 saturated carbocycles. The van der Waals surface area contributed by atoms with Crippen molar-refractivity contribution >= 4 is 35.0 Å². The zero-order chi connectivity index (χ0) is 19.2. The molecular weight excluding hydrogens is 385 g/mol. The Bertz CT molecular complexity index is 806. The van der Waals surface area contributed by atoms with E-state index < -0.39 is 0 Å². The van der Waals surface area contributed by atoms with E-state index in [1.54, 1.807) is 17.0 Å². The fourth-order valence-corrected chi connectivity index (χ4v) is 3.66. The number of hydrogen-bond acceptors (Lipinski definition) is 2. The van der Waals surface area contributed by atoms with Crippen molar-refractivity contribution in [2.75, 3.05) is 32.7 Å². The van der Waals surface area contributed by atoms with Gasteiger partial charge in [0, 0.05) is 10.6 Å². The predicted octanol–water partition coefficient (Wildman–Crippen LogP) is 1.65. The Morgan fingerprint density at radius 3 is 2.41 bits per heavy atom. The Labute approximate surface area is 168 Å². The molecule has 0 unspecified atom stereocenters. The first-order valence-electron chi connectivity index (χ1n) is 8.91. The average Bonchev–Trinajstić information content (AvgIpc) is 2.67. The standard InChI is InChI=1S/C20H21Cl2N3O2/c21-16-6-7-17(18(22)12-16)20(27)23-13-19(26)25-10-8-24(9-11-25)14-15-4-2-1-3-5-15/h1-7,12H,8-11,13-14H2,(H,23,27)/p+1. The van der Waals surface area contributed by atoms with Crippen molar-refractivity contribution in [3.05, 3.63) is 69.7 Å². The van der Waals surface area contributed by atoms with Crippen LogP contribution in [-0.2, 0) is 11.3 Å². The van der Waals surface area contributed by atoms with Crippen LogP contribution >= 0.6 is 23.2 Å². The maximum atomic E-state index is 12.4. The van der Waals surface area contributed by atoms with E-state index in [0.29, 0.717) is 23.7 Å². The summed E-state index contributed by atoms with van der Waals surface area (Å²) in [5.41, 5.74) is 1.62. The molecule has 142 valence electrons. The summed E-state index contributed by atoms with van der Waals surface area (Å²) < 4.78 is 0. The van der Waals surface area contributed by atoms with Crippen molar-refractivity contribution in [1.82, 2.24) is 10.2 Å². The van der Waals surface area contributed by atoms with Gasteiger partial charge in [-0.25, -0.2) is 0 Å². The summed E-state index contributed by atoms with van der Waals surface area (Å²) >= 11 is 11.9. The second kappa shape index (κ2) is 9.22. The molecule has 1 heterocycles. The van der Waals surface area contributed by atoms with Crippen LogP contribution in [0.1, 0.15) is 15.9 Å². The van der Waals surface area contributed by atoms with E-state index >= 15 is 0 Å². The molecule has 2 N–H and O–H groups in total. The summed E-state index contributed by atoms with van der Waals surface area (Å²) in [7, 11) is 0. The molecule has 0 aromatic heterocycles. The smallest absolute Gasteiger partial charge is 0.253 e. The minimum atomic E-state index is -0.377. The summed E-state index contributed by atoms with van der Waals surface area (Å²) in [6.07, 6.45) is 0. The number of carbonyl (C=O) groups is 2. The molecule has 1 saturated heterocycles. The van der Waals surface area contributed by atoms with Crippen molar-refractivity contribution < 1.29 is 14.5 Å². The van der Waals surface area contributed by atoms with Gasteiger partial charge in [-0.1, -0.05) is 53.5 Å². The predicted molar refractivity (Wildman–Crippen MR) is 106 cm³/mol. The van der Waals surface area contributed by atoms with Gasteiger partial charge in [0.25, 0.3) is 5.91 Å². The summed E-state index contributed by atoms with van der Waals surface area (Å²) in [4.78, 5) is 27.9. The number of quaternary nitrogens is 1. The molecule has 3 rings (SSSR count). The summed E-state index contributed by atoms with van der Waals surface area (Å²) in [5, 5.41) is 3.37. The minimum Gasteiger partial charge on any atom is -0.343 e. The molecule has 2 amide bonds. The van der Waals surface area contributed by atoms with E-state index in [-0.39, 0.29) is 23.4 Å². The highest BCUT2D eigenvalue weighted by Crippen LogP contribution is 2.20. The lowest BCUT2D eigenvalue weighted by Gasteiger charge is -2.32. The Hall–Kier alpha value is -2.08. The highest BCUT2D eigenvalue weighted by Gasteiger charge is 2.24. The lowest BCUT2D eigenvalue weighted by molar-refractivity contribution is -0.917. The second-order valence-corrected chi connectivity index (χ2v) is 7.44. The average molecular weight is 407 g/mol. The van der Waals surface area contributed by atoms with Gasteiger partial charge in [0.05, 0.1) is 43.3 Å². The summed E-state index contributed by atoms with van der Waals surface area (Å²) in [5.74, 6) is -0.453. The normalized spacial score (nSPS) is 14.8. The number of halogens is 2. The molecule has 27 heavy (non-hydrogen) atoms. The van der Waals surface area contributed by atoms with Gasteiger partial charge in [-0.15, -0.1) is 0 Å². The lowest BCUT2D eigenvalue weighted by Crippen LogP contribution is -3.13. The summed E-state index contributed by atoms with van der Waals surface area (Å²) in [6, 6.07) is 15.0. The quantitative estimate of drug-likeness (QED) is 0.792. The van der Waals surface area contributed by atoms with Gasteiger partial charge >= 0.3 is 0 Å². The van der Waals surface area contributed by atoms with Crippen LogP contribution in [0.3, 0.4) is 0 Å². The molecule has 1 aliphatic rings. The molecule has 2 aromatic rings. The first kappa shape index (κ1) is 19.7. The van der Waals surface area contributed by atoms with E-state index in [9.17, 15) is 9.59 Å². The third kappa shape index (κ3) is 5.45. The van der Waals surface area contributed by atoms with E-state index in [2.05, 4.69) is 17.4 Å². The fraction of sp³-hybridized carbons (Fsp3) is 0.300. The highest BCUT2D eigenvalue weighted by atomic mass is 35.5.